The molecule has 0 N–H and O–H groups in total. The average Bonchev–Trinajstić information content (AvgIpc) is 3.38. The minimum atomic E-state index is 0.136. The van der Waals surface area contributed by atoms with E-state index in [1.807, 2.05) is 34.7 Å². The molecule has 1 aromatic heterocycles. The minimum Gasteiger partial charge on any atom is -0.337 e. The number of amides is 1. The van der Waals surface area contributed by atoms with E-state index in [1.165, 1.54) is 12.0 Å². The summed E-state index contributed by atoms with van der Waals surface area (Å²) in [5.74, 6) is 0.729. The van der Waals surface area contributed by atoms with E-state index in [4.69, 9.17) is 0 Å². The third kappa shape index (κ3) is 2.92. The zero-order valence-electron chi connectivity index (χ0n) is 15.6. The zero-order chi connectivity index (χ0) is 18.4. The predicted molar refractivity (Wildman–Crippen MR) is 105 cm³/mol. The van der Waals surface area contributed by atoms with E-state index in [0.29, 0.717) is 12.0 Å². The Bertz CT molecular complexity index is 980. The van der Waals surface area contributed by atoms with Crippen molar-refractivity contribution in [2.45, 2.75) is 19.0 Å². The van der Waals surface area contributed by atoms with E-state index in [-0.39, 0.29) is 5.91 Å². The van der Waals surface area contributed by atoms with Gasteiger partial charge >= 0.3 is 0 Å². The van der Waals surface area contributed by atoms with E-state index in [0.717, 1.165) is 42.8 Å². The molecule has 0 radical (unpaired) electrons. The highest BCUT2D eigenvalue weighted by atomic mass is 16.2. The summed E-state index contributed by atoms with van der Waals surface area (Å²) >= 11 is 0. The van der Waals surface area contributed by atoms with Gasteiger partial charge in [-0.2, -0.15) is 0 Å². The lowest BCUT2D eigenvalue weighted by molar-refractivity contribution is 0.0770. The molecule has 3 heterocycles. The van der Waals surface area contributed by atoms with E-state index < -0.39 is 0 Å². The van der Waals surface area contributed by atoms with Gasteiger partial charge in [0.25, 0.3) is 5.91 Å². The highest BCUT2D eigenvalue weighted by molar-refractivity contribution is 5.97. The molecule has 0 spiro atoms. The molecule has 2 aromatic carbocycles. The second kappa shape index (κ2) is 6.50. The highest BCUT2D eigenvalue weighted by Crippen LogP contribution is 2.33. The molecule has 0 saturated carbocycles. The number of nitrogens with zero attached hydrogens (tertiary/aromatic N) is 4. The smallest absolute Gasteiger partial charge is 0.253 e. The fourth-order valence-electron chi connectivity index (χ4n) is 4.68. The van der Waals surface area contributed by atoms with Crippen LogP contribution >= 0.6 is 0 Å². The van der Waals surface area contributed by atoms with Crippen LogP contribution in [0.4, 0.5) is 0 Å². The van der Waals surface area contributed by atoms with Crippen LogP contribution in [0.25, 0.3) is 11.0 Å². The number of rotatable bonds is 3. The summed E-state index contributed by atoms with van der Waals surface area (Å²) in [6.45, 7) is 3.81. The lowest BCUT2D eigenvalue weighted by atomic mass is 10.0. The number of fused-ring (bicyclic) bond motifs is 2. The van der Waals surface area contributed by atoms with Crippen LogP contribution in [0.1, 0.15) is 22.3 Å². The van der Waals surface area contributed by atoms with Crippen molar-refractivity contribution in [2.75, 3.05) is 19.6 Å². The second-order valence-electron chi connectivity index (χ2n) is 7.84. The molecular formula is C22H24N4O. The van der Waals surface area contributed by atoms with Crippen LogP contribution in [0.5, 0.6) is 0 Å². The first-order valence-electron chi connectivity index (χ1n) is 9.67. The standard InChI is InChI=1S/C22H24N4O/c1-24-15-23-19-11-17(7-8-20(19)24)22(27)26-13-18-9-10-25(21(18)14-26)12-16-5-3-2-4-6-16/h2-8,11,15,18,21H,9-10,12-14H2,1H3/t18-,21+/m0/s1. The van der Waals surface area contributed by atoms with Gasteiger partial charge in [-0.3, -0.25) is 9.69 Å². The number of benzene rings is 2. The van der Waals surface area contributed by atoms with Gasteiger partial charge in [0.15, 0.2) is 0 Å². The van der Waals surface area contributed by atoms with Crippen LogP contribution in [0.3, 0.4) is 0 Å². The van der Waals surface area contributed by atoms with Crippen molar-refractivity contribution in [2.24, 2.45) is 13.0 Å². The Balaban J connectivity index is 1.31. The number of likely N-dealkylation sites (tertiary alicyclic amines) is 2. The summed E-state index contributed by atoms with van der Waals surface area (Å²) in [7, 11) is 1.97. The molecule has 27 heavy (non-hydrogen) atoms. The van der Waals surface area contributed by atoms with Gasteiger partial charge in [-0.25, -0.2) is 4.98 Å². The quantitative estimate of drug-likeness (QED) is 0.721. The summed E-state index contributed by atoms with van der Waals surface area (Å²) in [4.78, 5) is 22.0. The number of carbonyl (C=O) groups excluding carboxylic acids is 1. The van der Waals surface area contributed by atoms with Crippen molar-refractivity contribution >= 4 is 16.9 Å². The van der Waals surface area contributed by atoms with Crippen LogP contribution in [-0.2, 0) is 13.6 Å². The molecule has 2 atom stereocenters. The van der Waals surface area contributed by atoms with Crippen molar-refractivity contribution in [3.05, 3.63) is 66.0 Å². The van der Waals surface area contributed by atoms with Gasteiger partial charge in [-0.15, -0.1) is 0 Å². The first kappa shape index (κ1) is 16.5. The molecule has 0 bridgehead atoms. The van der Waals surface area contributed by atoms with Gasteiger partial charge in [-0.05, 0) is 42.6 Å². The number of aryl methyl sites for hydroxylation is 1. The molecule has 5 rings (SSSR count). The Morgan fingerprint density at radius 2 is 2.00 bits per heavy atom. The molecule has 2 fully saturated rings. The number of hydrogen-bond acceptors (Lipinski definition) is 3. The summed E-state index contributed by atoms with van der Waals surface area (Å²) < 4.78 is 1.98. The first-order valence-corrected chi connectivity index (χ1v) is 9.67. The van der Waals surface area contributed by atoms with E-state index in [2.05, 4.69) is 40.2 Å². The molecule has 3 aromatic rings. The summed E-state index contributed by atoms with van der Waals surface area (Å²) in [6, 6.07) is 17.0. The van der Waals surface area contributed by atoms with Crippen molar-refractivity contribution in [1.82, 2.24) is 19.4 Å². The van der Waals surface area contributed by atoms with Crippen molar-refractivity contribution < 1.29 is 4.79 Å². The maximum Gasteiger partial charge on any atom is 0.253 e. The van der Waals surface area contributed by atoms with Crippen molar-refractivity contribution in [1.29, 1.82) is 0 Å². The third-order valence-electron chi connectivity index (χ3n) is 6.15. The lowest BCUT2D eigenvalue weighted by Crippen LogP contribution is -2.36. The van der Waals surface area contributed by atoms with Crippen LogP contribution in [-0.4, -0.2) is 50.9 Å². The largest absolute Gasteiger partial charge is 0.337 e. The second-order valence-corrected chi connectivity index (χ2v) is 7.84. The van der Waals surface area contributed by atoms with Crippen LogP contribution < -0.4 is 0 Å². The summed E-state index contributed by atoms with van der Waals surface area (Å²) in [6.07, 6.45) is 2.97. The normalized spacial score (nSPS) is 22.5. The SMILES string of the molecule is Cn1cnc2cc(C(=O)N3C[C@@H]4CCN(Cc5ccccc5)[C@@H]4C3)ccc21. The van der Waals surface area contributed by atoms with Gasteiger partial charge in [0.1, 0.15) is 0 Å². The molecule has 5 heteroatoms. The summed E-state index contributed by atoms with van der Waals surface area (Å²) in [5.41, 5.74) is 4.03. The average molecular weight is 360 g/mol. The number of carbonyl (C=O) groups is 1. The maximum absolute atomic E-state index is 13.1. The predicted octanol–water partition coefficient (Wildman–Crippen LogP) is 2.92. The molecule has 2 aliphatic heterocycles. The zero-order valence-corrected chi connectivity index (χ0v) is 15.6. The molecule has 5 nitrogen and oxygen atoms in total. The van der Waals surface area contributed by atoms with E-state index >= 15 is 0 Å². The monoisotopic (exact) mass is 360 g/mol. The van der Waals surface area contributed by atoms with Crippen molar-refractivity contribution in [3.8, 4) is 0 Å². The number of aromatic nitrogens is 2. The van der Waals surface area contributed by atoms with Crippen LogP contribution in [0.15, 0.2) is 54.9 Å². The third-order valence-corrected chi connectivity index (χ3v) is 6.15. The van der Waals surface area contributed by atoms with Gasteiger partial charge in [0.2, 0.25) is 0 Å². The Morgan fingerprint density at radius 3 is 2.85 bits per heavy atom. The molecule has 1 amide bonds. The first-order chi connectivity index (χ1) is 13.2. The Labute approximate surface area is 159 Å². The molecule has 138 valence electrons. The molecule has 2 saturated heterocycles. The van der Waals surface area contributed by atoms with Gasteiger partial charge < -0.3 is 9.47 Å². The minimum absolute atomic E-state index is 0.136. The number of hydrogen-bond donors (Lipinski definition) is 0. The highest BCUT2D eigenvalue weighted by Gasteiger charge is 2.42. The Morgan fingerprint density at radius 1 is 1.15 bits per heavy atom. The van der Waals surface area contributed by atoms with E-state index in [9.17, 15) is 4.79 Å². The van der Waals surface area contributed by atoms with Crippen LogP contribution in [0, 0.1) is 5.92 Å². The Kier molecular flexibility index (Phi) is 3.97. The fraction of sp³-hybridized carbons (Fsp3) is 0.364. The van der Waals surface area contributed by atoms with Gasteiger partial charge in [-0.1, -0.05) is 30.3 Å². The van der Waals surface area contributed by atoms with E-state index in [1.54, 1.807) is 6.33 Å². The Hall–Kier alpha value is -2.66. The summed E-state index contributed by atoms with van der Waals surface area (Å²) in [5, 5.41) is 0. The fourth-order valence-corrected chi connectivity index (χ4v) is 4.68. The maximum atomic E-state index is 13.1. The molecule has 2 aliphatic rings. The molecular weight excluding hydrogens is 336 g/mol. The molecule has 0 aliphatic carbocycles. The van der Waals surface area contributed by atoms with Gasteiger partial charge in [0.05, 0.1) is 17.4 Å². The topological polar surface area (TPSA) is 41.4 Å². The number of imidazole rings is 1. The van der Waals surface area contributed by atoms with Crippen LogP contribution in [0.2, 0.25) is 0 Å². The molecule has 0 unspecified atom stereocenters. The van der Waals surface area contributed by atoms with Crippen molar-refractivity contribution in [3.63, 3.8) is 0 Å². The lowest BCUT2D eigenvalue weighted by Gasteiger charge is -2.25. The van der Waals surface area contributed by atoms with Gasteiger partial charge in [0, 0.05) is 38.3 Å².